The summed E-state index contributed by atoms with van der Waals surface area (Å²) in [7, 11) is 0. The third-order valence-electron chi connectivity index (χ3n) is 4.85. The molecule has 1 saturated carbocycles. The van der Waals surface area contributed by atoms with Gasteiger partial charge in [-0.3, -0.25) is 9.69 Å². The summed E-state index contributed by atoms with van der Waals surface area (Å²) in [5.41, 5.74) is 1.16. The Morgan fingerprint density at radius 3 is 2.95 bits per heavy atom. The number of fused-ring (bicyclic) bond motifs is 1. The molecule has 0 spiro atoms. The van der Waals surface area contributed by atoms with Crippen LogP contribution in [0.25, 0.3) is 0 Å². The average Bonchev–Trinajstić information content (AvgIpc) is 2.68. The second kappa shape index (κ2) is 6.06. The van der Waals surface area contributed by atoms with Crippen molar-refractivity contribution in [2.75, 3.05) is 13.2 Å². The van der Waals surface area contributed by atoms with Gasteiger partial charge in [0.1, 0.15) is 12.4 Å². The third kappa shape index (κ3) is 3.05. The van der Waals surface area contributed by atoms with Crippen molar-refractivity contribution >= 4 is 5.97 Å². The van der Waals surface area contributed by atoms with Gasteiger partial charge in [-0.15, -0.1) is 0 Å². The van der Waals surface area contributed by atoms with Crippen LogP contribution in [0.15, 0.2) is 24.3 Å². The van der Waals surface area contributed by atoms with Crippen LogP contribution in [0.1, 0.15) is 31.7 Å². The van der Waals surface area contributed by atoms with Crippen molar-refractivity contribution < 1.29 is 14.6 Å². The van der Waals surface area contributed by atoms with Crippen LogP contribution in [0.2, 0.25) is 0 Å². The van der Waals surface area contributed by atoms with E-state index >= 15 is 0 Å². The van der Waals surface area contributed by atoms with Crippen molar-refractivity contribution in [3.05, 3.63) is 29.8 Å². The van der Waals surface area contributed by atoms with E-state index in [1.54, 1.807) is 0 Å². The first-order valence-electron chi connectivity index (χ1n) is 7.82. The Morgan fingerprint density at radius 2 is 2.14 bits per heavy atom. The van der Waals surface area contributed by atoms with Gasteiger partial charge in [-0.25, -0.2) is 0 Å². The minimum atomic E-state index is -0.648. The van der Waals surface area contributed by atoms with Gasteiger partial charge in [-0.2, -0.15) is 0 Å². The number of para-hydroxylation sites is 1. The van der Waals surface area contributed by atoms with Crippen LogP contribution in [-0.4, -0.2) is 35.2 Å². The molecule has 114 valence electrons. The lowest BCUT2D eigenvalue weighted by Gasteiger charge is -2.39. The normalized spacial score (nSPS) is 30.0. The Kier molecular flexibility index (Phi) is 4.15. The molecule has 0 bridgehead atoms. The minimum Gasteiger partial charge on any atom is -0.492 e. The standard InChI is InChI=1S/C17H23NO3/c1-12-6-7-14(17(19)20)15(10-12)18-8-9-21-16-5-3-2-4-13(16)11-18/h2-5,12,14-15H,6-11H2,1H3,(H,19,20). The molecule has 4 heteroatoms. The van der Waals surface area contributed by atoms with Crippen molar-refractivity contribution in [3.8, 4) is 5.75 Å². The largest absolute Gasteiger partial charge is 0.492 e. The Hall–Kier alpha value is -1.55. The van der Waals surface area contributed by atoms with Crippen molar-refractivity contribution in [1.82, 2.24) is 4.90 Å². The molecule has 1 aliphatic heterocycles. The zero-order valence-corrected chi connectivity index (χ0v) is 12.5. The topological polar surface area (TPSA) is 49.8 Å². The van der Waals surface area contributed by atoms with Crippen molar-refractivity contribution in [3.63, 3.8) is 0 Å². The lowest BCUT2D eigenvalue weighted by Crippen LogP contribution is -2.47. The summed E-state index contributed by atoms with van der Waals surface area (Å²) >= 11 is 0. The zero-order chi connectivity index (χ0) is 14.8. The molecule has 1 N–H and O–H groups in total. The third-order valence-corrected chi connectivity index (χ3v) is 4.85. The van der Waals surface area contributed by atoms with Crippen LogP contribution in [0.5, 0.6) is 5.75 Å². The van der Waals surface area contributed by atoms with E-state index in [9.17, 15) is 9.90 Å². The van der Waals surface area contributed by atoms with Crippen LogP contribution in [0, 0.1) is 11.8 Å². The second-order valence-electron chi connectivity index (χ2n) is 6.36. The van der Waals surface area contributed by atoms with Crippen molar-refractivity contribution in [2.45, 2.75) is 38.8 Å². The molecular formula is C17H23NO3. The number of hydrogen-bond donors (Lipinski definition) is 1. The molecule has 0 amide bonds. The highest BCUT2D eigenvalue weighted by atomic mass is 16.5. The molecule has 3 atom stereocenters. The van der Waals surface area contributed by atoms with E-state index in [0.717, 1.165) is 43.7 Å². The predicted octanol–water partition coefficient (Wildman–Crippen LogP) is 2.77. The molecule has 1 heterocycles. The summed E-state index contributed by atoms with van der Waals surface area (Å²) in [6.45, 7) is 4.45. The van der Waals surface area contributed by atoms with Gasteiger partial charge in [-0.05, 0) is 31.2 Å². The van der Waals surface area contributed by atoms with Crippen LogP contribution < -0.4 is 4.74 Å². The maximum atomic E-state index is 11.6. The summed E-state index contributed by atoms with van der Waals surface area (Å²) < 4.78 is 5.80. The zero-order valence-electron chi connectivity index (χ0n) is 12.5. The Bertz CT molecular complexity index is 517. The number of carboxylic acid groups (broad SMARTS) is 1. The van der Waals surface area contributed by atoms with Gasteiger partial charge >= 0.3 is 5.97 Å². The van der Waals surface area contributed by atoms with E-state index in [1.807, 2.05) is 18.2 Å². The van der Waals surface area contributed by atoms with Crippen LogP contribution in [0.3, 0.4) is 0 Å². The highest BCUT2D eigenvalue weighted by molar-refractivity contribution is 5.71. The number of nitrogens with zero attached hydrogens (tertiary/aromatic N) is 1. The first-order valence-corrected chi connectivity index (χ1v) is 7.82. The molecule has 3 rings (SSSR count). The molecule has 2 aliphatic rings. The molecule has 0 saturated heterocycles. The molecule has 1 fully saturated rings. The lowest BCUT2D eigenvalue weighted by molar-refractivity contribution is -0.146. The molecule has 21 heavy (non-hydrogen) atoms. The first kappa shape index (κ1) is 14.4. The van der Waals surface area contributed by atoms with Gasteiger partial charge in [-0.1, -0.05) is 25.1 Å². The van der Waals surface area contributed by atoms with E-state index in [4.69, 9.17) is 4.74 Å². The number of carboxylic acids is 1. The van der Waals surface area contributed by atoms with Crippen molar-refractivity contribution in [2.24, 2.45) is 11.8 Å². The highest BCUT2D eigenvalue weighted by Gasteiger charge is 2.37. The predicted molar refractivity (Wildman–Crippen MR) is 80.3 cm³/mol. The average molecular weight is 289 g/mol. The minimum absolute atomic E-state index is 0.126. The highest BCUT2D eigenvalue weighted by Crippen LogP contribution is 2.34. The quantitative estimate of drug-likeness (QED) is 0.909. The molecule has 3 unspecified atom stereocenters. The Labute approximate surface area is 125 Å². The SMILES string of the molecule is CC1CCC(C(=O)O)C(N2CCOc3ccccc3C2)C1. The van der Waals surface area contributed by atoms with Gasteiger partial charge in [0.05, 0.1) is 5.92 Å². The smallest absolute Gasteiger partial charge is 0.308 e. The number of aliphatic carboxylic acids is 1. The molecule has 1 aromatic rings. The van der Waals surface area contributed by atoms with Crippen molar-refractivity contribution in [1.29, 1.82) is 0 Å². The van der Waals surface area contributed by atoms with E-state index < -0.39 is 5.97 Å². The molecular weight excluding hydrogens is 266 g/mol. The fraction of sp³-hybridized carbons (Fsp3) is 0.588. The number of hydrogen-bond acceptors (Lipinski definition) is 3. The van der Waals surface area contributed by atoms with Gasteiger partial charge in [0.2, 0.25) is 0 Å². The summed E-state index contributed by atoms with van der Waals surface area (Å²) in [5, 5.41) is 9.53. The van der Waals surface area contributed by atoms with E-state index in [-0.39, 0.29) is 12.0 Å². The lowest BCUT2D eigenvalue weighted by atomic mass is 9.78. The molecule has 4 nitrogen and oxygen atoms in total. The van der Waals surface area contributed by atoms with Gasteiger partial charge < -0.3 is 9.84 Å². The van der Waals surface area contributed by atoms with Gasteiger partial charge in [0.15, 0.2) is 0 Å². The van der Waals surface area contributed by atoms with Gasteiger partial charge in [0, 0.05) is 24.7 Å². The number of ether oxygens (including phenoxy) is 1. The van der Waals surface area contributed by atoms with E-state index in [0.29, 0.717) is 12.5 Å². The maximum Gasteiger partial charge on any atom is 0.308 e. The fourth-order valence-corrected chi connectivity index (χ4v) is 3.67. The molecule has 1 aliphatic carbocycles. The Morgan fingerprint density at radius 1 is 1.33 bits per heavy atom. The van der Waals surface area contributed by atoms with E-state index in [1.165, 1.54) is 0 Å². The summed E-state index contributed by atoms with van der Waals surface area (Å²) in [4.78, 5) is 13.9. The number of carbonyl (C=O) groups is 1. The van der Waals surface area contributed by atoms with Crippen LogP contribution in [-0.2, 0) is 11.3 Å². The Balaban J connectivity index is 1.82. The number of rotatable bonds is 2. The monoisotopic (exact) mass is 289 g/mol. The van der Waals surface area contributed by atoms with Gasteiger partial charge in [0.25, 0.3) is 0 Å². The molecule has 0 aromatic heterocycles. The second-order valence-corrected chi connectivity index (χ2v) is 6.36. The van der Waals surface area contributed by atoms with Crippen LogP contribution >= 0.6 is 0 Å². The molecule has 0 radical (unpaired) electrons. The summed E-state index contributed by atoms with van der Waals surface area (Å²) in [5.74, 6) is 0.651. The van der Waals surface area contributed by atoms with E-state index in [2.05, 4.69) is 17.9 Å². The molecule has 1 aromatic carbocycles. The maximum absolute atomic E-state index is 11.6. The van der Waals surface area contributed by atoms with Crippen LogP contribution in [0.4, 0.5) is 0 Å². The number of benzene rings is 1. The summed E-state index contributed by atoms with van der Waals surface area (Å²) in [6, 6.07) is 8.20. The summed E-state index contributed by atoms with van der Waals surface area (Å²) in [6.07, 6.45) is 2.79. The first-order chi connectivity index (χ1) is 10.1. The fourth-order valence-electron chi connectivity index (χ4n) is 3.67.